The van der Waals surface area contributed by atoms with Gasteiger partial charge in [-0.25, -0.2) is 23.7 Å². The van der Waals surface area contributed by atoms with E-state index < -0.39 is 46.2 Å². The fraction of sp³-hybridized carbons (Fsp3) is 0.304. The van der Waals surface area contributed by atoms with E-state index in [1.807, 2.05) is 0 Å². The van der Waals surface area contributed by atoms with E-state index in [2.05, 4.69) is 30.9 Å². The highest BCUT2D eigenvalue weighted by molar-refractivity contribution is 6.04. The van der Waals surface area contributed by atoms with Crippen LogP contribution in [-0.2, 0) is 6.18 Å². The zero-order chi connectivity index (χ0) is 25.0. The molecule has 1 aromatic carbocycles. The Balaban J connectivity index is 1.65. The zero-order valence-electron chi connectivity index (χ0n) is 18.3. The van der Waals surface area contributed by atoms with Crippen molar-refractivity contribution in [2.45, 2.75) is 31.5 Å². The average molecular weight is 492 g/mol. The number of carbonyl (C=O) groups excluding carboxylic acids is 1. The number of rotatable bonds is 5. The first-order valence-electron chi connectivity index (χ1n) is 10.9. The van der Waals surface area contributed by atoms with Gasteiger partial charge < -0.3 is 16.0 Å². The summed E-state index contributed by atoms with van der Waals surface area (Å²) in [5.74, 6) is -3.02. The number of nitrogens with zero attached hydrogens (tertiary/aromatic N) is 3. The second-order valence-electron chi connectivity index (χ2n) is 7.95. The van der Waals surface area contributed by atoms with Crippen LogP contribution in [0.3, 0.4) is 0 Å². The van der Waals surface area contributed by atoms with Crippen molar-refractivity contribution in [3.8, 4) is 11.3 Å². The van der Waals surface area contributed by atoms with Gasteiger partial charge in [0.1, 0.15) is 29.3 Å². The molecule has 0 spiro atoms. The van der Waals surface area contributed by atoms with Gasteiger partial charge in [-0.3, -0.25) is 4.79 Å². The molecule has 1 atom stereocenters. The lowest BCUT2D eigenvalue weighted by molar-refractivity contribution is -0.137. The molecular weight excluding hydrogens is 471 g/mol. The Bertz CT molecular complexity index is 1190. The Morgan fingerprint density at radius 1 is 1.06 bits per heavy atom. The van der Waals surface area contributed by atoms with Gasteiger partial charge in [0, 0.05) is 6.04 Å². The Morgan fingerprint density at radius 2 is 1.83 bits per heavy atom. The van der Waals surface area contributed by atoms with Crippen LogP contribution in [0.15, 0.2) is 42.9 Å². The number of halogens is 5. The van der Waals surface area contributed by atoms with Crippen LogP contribution in [0, 0.1) is 11.6 Å². The van der Waals surface area contributed by atoms with E-state index in [0.29, 0.717) is 11.9 Å². The van der Waals surface area contributed by atoms with Crippen molar-refractivity contribution >= 4 is 17.4 Å². The highest BCUT2D eigenvalue weighted by Crippen LogP contribution is 2.38. The van der Waals surface area contributed by atoms with Crippen molar-refractivity contribution in [1.29, 1.82) is 0 Å². The molecule has 0 radical (unpaired) electrons. The van der Waals surface area contributed by atoms with Crippen molar-refractivity contribution in [3.63, 3.8) is 0 Å². The van der Waals surface area contributed by atoms with Crippen molar-refractivity contribution in [3.05, 3.63) is 65.7 Å². The molecule has 1 amide bonds. The molecule has 1 unspecified atom stereocenters. The number of pyridine rings is 1. The smallest absolute Gasteiger partial charge is 0.365 e. The molecule has 184 valence electrons. The number of nitrogens with one attached hydrogen (secondary N) is 3. The third-order valence-electron chi connectivity index (χ3n) is 5.51. The molecule has 35 heavy (non-hydrogen) atoms. The largest absolute Gasteiger partial charge is 0.418 e. The number of benzene rings is 1. The van der Waals surface area contributed by atoms with Gasteiger partial charge in [0.15, 0.2) is 5.82 Å². The molecule has 0 aliphatic carbocycles. The molecular formula is C23H21F5N6O. The second kappa shape index (κ2) is 10.3. The third kappa shape index (κ3) is 5.70. The molecule has 1 aliphatic rings. The second-order valence-corrected chi connectivity index (χ2v) is 7.95. The highest BCUT2D eigenvalue weighted by atomic mass is 19.4. The van der Waals surface area contributed by atoms with Crippen LogP contribution in [0.5, 0.6) is 0 Å². The number of alkyl halides is 3. The summed E-state index contributed by atoms with van der Waals surface area (Å²) in [7, 11) is 0. The zero-order valence-corrected chi connectivity index (χ0v) is 18.3. The van der Waals surface area contributed by atoms with Gasteiger partial charge in [0.2, 0.25) is 0 Å². The van der Waals surface area contributed by atoms with Crippen molar-refractivity contribution in [1.82, 2.24) is 20.3 Å². The van der Waals surface area contributed by atoms with Gasteiger partial charge in [0.05, 0.1) is 23.0 Å². The molecule has 4 rings (SSSR count). The molecule has 3 heterocycles. The van der Waals surface area contributed by atoms with E-state index in [4.69, 9.17) is 0 Å². The Hall–Kier alpha value is -3.67. The predicted molar refractivity (Wildman–Crippen MR) is 119 cm³/mol. The molecule has 12 heteroatoms. The van der Waals surface area contributed by atoms with E-state index in [-0.39, 0.29) is 11.7 Å². The Morgan fingerprint density at radius 3 is 2.57 bits per heavy atom. The van der Waals surface area contributed by atoms with Crippen LogP contribution in [0.2, 0.25) is 0 Å². The summed E-state index contributed by atoms with van der Waals surface area (Å²) in [6.07, 6.45) is 0.337. The van der Waals surface area contributed by atoms with E-state index in [1.165, 1.54) is 12.5 Å². The summed E-state index contributed by atoms with van der Waals surface area (Å²) in [6.45, 7) is 1.71. The van der Waals surface area contributed by atoms with Crippen molar-refractivity contribution in [2.75, 3.05) is 23.7 Å². The highest BCUT2D eigenvalue weighted by Gasteiger charge is 2.36. The fourth-order valence-corrected chi connectivity index (χ4v) is 3.81. The first-order valence-corrected chi connectivity index (χ1v) is 10.9. The van der Waals surface area contributed by atoms with Crippen LogP contribution in [0.1, 0.15) is 35.3 Å². The minimum atomic E-state index is -4.95. The van der Waals surface area contributed by atoms with Gasteiger partial charge in [-0.05, 0) is 56.6 Å². The lowest BCUT2D eigenvalue weighted by Crippen LogP contribution is -2.24. The van der Waals surface area contributed by atoms with Crippen molar-refractivity contribution < 1.29 is 26.7 Å². The quantitative estimate of drug-likeness (QED) is 0.450. The van der Waals surface area contributed by atoms with Gasteiger partial charge in [-0.1, -0.05) is 6.07 Å². The maximum atomic E-state index is 14.3. The summed E-state index contributed by atoms with van der Waals surface area (Å²) < 4.78 is 69.3. The number of anilines is 2. The Labute approximate surface area is 197 Å². The number of carbonyl (C=O) groups is 1. The van der Waals surface area contributed by atoms with Crippen LogP contribution in [-0.4, -0.2) is 40.0 Å². The number of hydrogen-bond donors (Lipinski definition) is 3. The normalized spacial score (nSPS) is 16.4. The molecule has 3 N–H and O–H groups in total. The van der Waals surface area contributed by atoms with Crippen molar-refractivity contribution in [2.24, 2.45) is 0 Å². The fourth-order valence-electron chi connectivity index (χ4n) is 3.81. The molecule has 1 saturated heterocycles. The molecule has 0 bridgehead atoms. The lowest BCUT2D eigenvalue weighted by Gasteiger charge is -2.19. The maximum Gasteiger partial charge on any atom is 0.418 e. The number of aromatic nitrogens is 3. The average Bonchev–Trinajstić information content (AvgIpc) is 3.08. The first-order chi connectivity index (χ1) is 16.7. The minimum Gasteiger partial charge on any atom is -0.365 e. The van der Waals surface area contributed by atoms with E-state index in [1.54, 1.807) is 0 Å². The summed E-state index contributed by atoms with van der Waals surface area (Å²) in [5, 5.41) is 9.07. The van der Waals surface area contributed by atoms with E-state index >= 15 is 0 Å². The Kier molecular flexibility index (Phi) is 7.20. The summed E-state index contributed by atoms with van der Waals surface area (Å²) in [4.78, 5) is 24.6. The number of hydrogen-bond acceptors (Lipinski definition) is 6. The topological polar surface area (TPSA) is 91.8 Å². The van der Waals surface area contributed by atoms with Crippen LogP contribution in [0.25, 0.3) is 11.3 Å². The van der Waals surface area contributed by atoms with E-state index in [0.717, 1.165) is 56.6 Å². The summed E-state index contributed by atoms with van der Waals surface area (Å²) >= 11 is 0. The first kappa shape index (κ1) is 24.5. The summed E-state index contributed by atoms with van der Waals surface area (Å²) in [6, 6.07) is 4.16. The number of amides is 1. The van der Waals surface area contributed by atoms with E-state index in [9.17, 15) is 26.7 Å². The maximum absolute atomic E-state index is 14.3. The third-order valence-corrected chi connectivity index (χ3v) is 5.51. The van der Waals surface area contributed by atoms with Gasteiger partial charge in [0.25, 0.3) is 5.91 Å². The van der Waals surface area contributed by atoms with Crippen LogP contribution < -0.4 is 16.0 Å². The summed E-state index contributed by atoms with van der Waals surface area (Å²) in [5.41, 5.74) is -3.64. The standard InChI is InChI=1S/C23H21F5N6O/c24-15-4-1-5-16(25)19(15)20-14(23(26,27)28)6-7-17(33-20)22(35)34-18-11-30-12-31-21(18)32-13-3-2-9-29-10-8-13/h1,4-7,11-13,29H,2-3,8-10H2,(H,34,35)(H,30,31,32). The SMILES string of the molecule is O=C(Nc1cncnc1NC1CCCNCC1)c1ccc(C(F)(F)F)c(-c2c(F)cccc2F)n1. The lowest BCUT2D eigenvalue weighted by atomic mass is 10.0. The van der Waals surface area contributed by atoms with Crippen LogP contribution in [0.4, 0.5) is 33.5 Å². The predicted octanol–water partition coefficient (Wildman–Crippen LogP) is 4.64. The molecule has 2 aromatic heterocycles. The molecule has 0 saturated carbocycles. The van der Waals surface area contributed by atoms with Gasteiger partial charge >= 0.3 is 6.18 Å². The van der Waals surface area contributed by atoms with Gasteiger partial charge in [-0.15, -0.1) is 0 Å². The molecule has 1 aliphatic heterocycles. The minimum absolute atomic E-state index is 0.0929. The monoisotopic (exact) mass is 492 g/mol. The molecule has 1 fully saturated rings. The molecule has 3 aromatic rings. The van der Waals surface area contributed by atoms with Gasteiger partial charge in [-0.2, -0.15) is 13.2 Å². The molecule has 7 nitrogen and oxygen atoms in total. The van der Waals surface area contributed by atoms with Crippen LogP contribution >= 0.6 is 0 Å².